The van der Waals surface area contributed by atoms with E-state index in [1.54, 1.807) is 26.4 Å². The Morgan fingerprint density at radius 1 is 1.06 bits per heavy atom. The molecule has 0 radical (unpaired) electrons. The van der Waals surface area contributed by atoms with Crippen LogP contribution in [0.2, 0.25) is 5.02 Å². The van der Waals surface area contributed by atoms with Crippen molar-refractivity contribution in [2.75, 3.05) is 32.2 Å². The summed E-state index contributed by atoms with van der Waals surface area (Å²) in [6, 6.07) is 7.69. The molecule has 1 N–H and O–H groups in total. The first kappa shape index (κ1) is 22.3. The van der Waals surface area contributed by atoms with E-state index in [4.69, 9.17) is 26.1 Å². The maximum atomic E-state index is 12.2. The molecular weight excluding hydrogens is 464 g/mol. The lowest BCUT2D eigenvalue weighted by Gasteiger charge is -2.33. The molecule has 1 saturated heterocycles. The summed E-state index contributed by atoms with van der Waals surface area (Å²) in [5.41, 5.74) is 3.43. The number of aromatic nitrogens is 2. The normalized spacial score (nSPS) is 17.5. The number of imidazole rings is 1. The molecule has 0 unspecified atom stereocenters. The van der Waals surface area contributed by atoms with Crippen LogP contribution in [-0.2, 0) is 10.0 Å². The van der Waals surface area contributed by atoms with Crippen LogP contribution in [0.1, 0.15) is 25.7 Å². The number of nitrogens with one attached hydrogen (secondary N) is 1. The Morgan fingerprint density at radius 3 is 2.45 bits per heavy atom. The number of methoxy groups -OCH3 is 2. The summed E-state index contributed by atoms with van der Waals surface area (Å²) in [5.74, 6) is 1.18. The Labute approximate surface area is 198 Å². The lowest BCUT2D eigenvalue weighted by Crippen LogP contribution is -2.45. The summed E-state index contributed by atoms with van der Waals surface area (Å²) < 4.78 is 40.1. The van der Waals surface area contributed by atoms with Gasteiger partial charge in [0.05, 0.1) is 30.2 Å². The van der Waals surface area contributed by atoms with Gasteiger partial charge in [-0.3, -0.25) is 0 Å². The highest BCUT2D eigenvalue weighted by atomic mass is 35.5. The van der Waals surface area contributed by atoms with Crippen LogP contribution in [0.15, 0.2) is 36.7 Å². The Bertz CT molecular complexity index is 1280. The molecule has 1 aliphatic heterocycles. The van der Waals surface area contributed by atoms with Crippen LogP contribution >= 0.6 is 11.6 Å². The summed E-state index contributed by atoms with van der Waals surface area (Å²) in [5, 5.41) is 0.318. The zero-order valence-corrected chi connectivity index (χ0v) is 20.2. The van der Waals surface area contributed by atoms with Crippen LogP contribution in [0, 0.1) is 0 Å². The molecule has 2 fully saturated rings. The van der Waals surface area contributed by atoms with Crippen LogP contribution in [-0.4, -0.2) is 56.4 Å². The average Bonchev–Trinajstić information content (AvgIpc) is 3.59. The van der Waals surface area contributed by atoms with E-state index in [0.29, 0.717) is 16.5 Å². The Hall–Kier alpha value is -2.49. The third-order valence-corrected chi connectivity index (χ3v) is 8.65. The van der Waals surface area contributed by atoms with E-state index < -0.39 is 10.0 Å². The third-order valence-electron chi connectivity index (χ3n) is 6.35. The first-order chi connectivity index (χ1) is 15.9. The maximum absolute atomic E-state index is 12.2. The zero-order valence-electron chi connectivity index (χ0n) is 18.6. The molecular formula is C23H27ClN4O4S. The number of rotatable bonds is 7. The van der Waals surface area contributed by atoms with Crippen LogP contribution in [0.3, 0.4) is 0 Å². The van der Waals surface area contributed by atoms with Crippen molar-refractivity contribution >= 4 is 33.0 Å². The topological polar surface area (TPSA) is 85.2 Å². The molecule has 2 aromatic heterocycles. The number of halogens is 1. The molecule has 0 bridgehead atoms. The predicted octanol–water partition coefficient (Wildman–Crippen LogP) is 3.72. The molecule has 3 heterocycles. The highest BCUT2D eigenvalue weighted by Crippen LogP contribution is 2.38. The molecule has 176 valence electrons. The van der Waals surface area contributed by atoms with E-state index in [1.165, 1.54) is 0 Å². The summed E-state index contributed by atoms with van der Waals surface area (Å²) >= 11 is 6.34. The number of hydrogen-bond acceptors (Lipinski definition) is 6. The number of sulfonamides is 1. The number of anilines is 1. The van der Waals surface area contributed by atoms with Crippen molar-refractivity contribution in [3.05, 3.63) is 41.7 Å². The quantitative estimate of drug-likeness (QED) is 0.543. The number of pyridine rings is 1. The molecule has 2 aliphatic rings. The summed E-state index contributed by atoms with van der Waals surface area (Å²) in [6.07, 6.45) is 7.08. The van der Waals surface area contributed by atoms with Crippen LogP contribution in [0.5, 0.6) is 11.5 Å². The summed E-state index contributed by atoms with van der Waals surface area (Å²) in [4.78, 5) is 7.08. The molecule has 1 aromatic carbocycles. The first-order valence-corrected chi connectivity index (χ1v) is 13.0. The average molecular weight is 491 g/mol. The molecule has 33 heavy (non-hydrogen) atoms. The number of nitrogens with zero attached hydrogens (tertiary/aromatic N) is 3. The summed E-state index contributed by atoms with van der Waals surface area (Å²) in [7, 11) is 0.0288. The highest BCUT2D eigenvalue weighted by molar-refractivity contribution is 7.90. The van der Waals surface area contributed by atoms with E-state index >= 15 is 0 Å². The van der Waals surface area contributed by atoms with E-state index in [1.807, 2.05) is 16.8 Å². The minimum absolute atomic E-state index is 0.0147. The van der Waals surface area contributed by atoms with Gasteiger partial charge in [0, 0.05) is 54.9 Å². The minimum atomic E-state index is -3.14. The lowest BCUT2D eigenvalue weighted by molar-refractivity contribution is 0.395. The second-order valence-corrected chi connectivity index (χ2v) is 11.0. The van der Waals surface area contributed by atoms with Crippen LogP contribution in [0.25, 0.3) is 16.9 Å². The van der Waals surface area contributed by atoms with Gasteiger partial charge in [0.25, 0.3) is 0 Å². The largest absolute Gasteiger partial charge is 0.496 e. The number of hydrogen-bond donors (Lipinski definition) is 1. The van der Waals surface area contributed by atoms with E-state index in [-0.39, 0.29) is 11.3 Å². The molecule has 3 aromatic rings. The molecule has 5 rings (SSSR count). The standard InChI is InChI=1S/C23H27ClN4O4S/c1-31-21-13-22(32-2)19(24)12-18(21)20-14-28-10-7-16(11-23(28)25-20)27-8-5-15(6-9-27)26-33(29,30)17-3-4-17/h7,10-15,17,26H,3-6,8-9H2,1-2H3. The Balaban J connectivity index is 1.34. The Morgan fingerprint density at radius 2 is 1.79 bits per heavy atom. The van der Waals surface area contributed by atoms with Gasteiger partial charge in [0.2, 0.25) is 10.0 Å². The van der Waals surface area contributed by atoms with Gasteiger partial charge in [-0.15, -0.1) is 0 Å². The monoisotopic (exact) mass is 490 g/mol. The second kappa shape index (κ2) is 8.70. The third kappa shape index (κ3) is 4.49. The van der Waals surface area contributed by atoms with Gasteiger partial charge in [-0.2, -0.15) is 0 Å². The van der Waals surface area contributed by atoms with Gasteiger partial charge in [-0.1, -0.05) is 11.6 Å². The minimum Gasteiger partial charge on any atom is -0.496 e. The van der Waals surface area contributed by atoms with E-state index in [0.717, 1.165) is 61.4 Å². The number of benzene rings is 1. The van der Waals surface area contributed by atoms with Gasteiger partial charge >= 0.3 is 0 Å². The van der Waals surface area contributed by atoms with Gasteiger partial charge < -0.3 is 18.8 Å². The van der Waals surface area contributed by atoms with Crippen molar-refractivity contribution in [2.24, 2.45) is 0 Å². The number of piperidine rings is 1. The maximum Gasteiger partial charge on any atom is 0.214 e. The van der Waals surface area contributed by atoms with Crippen molar-refractivity contribution < 1.29 is 17.9 Å². The zero-order chi connectivity index (χ0) is 23.2. The number of fused-ring (bicyclic) bond motifs is 1. The fraction of sp³-hybridized carbons (Fsp3) is 0.435. The smallest absolute Gasteiger partial charge is 0.214 e. The Kier molecular flexibility index (Phi) is 5.88. The molecule has 0 amide bonds. The van der Waals surface area contributed by atoms with Crippen molar-refractivity contribution in [3.63, 3.8) is 0 Å². The molecule has 10 heteroatoms. The predicted molar refractivity (Wildman–Crippen MR) is 129 cm³/mol. The van der Waals surface area contributed by atoms with E-state index in [2.05, 4.69) is 21.8 Å². The molecule has 1 saturated carbocycles. The van der Waals surface area contributed by atoms with Gasteiger partial charge in [-0.05, 0) is 37.8 Å². The highest BCUT2D eigenvalue weighted by Gasteiger charge is 2.37. The number of ether oxygens (including phenoxy) is 2. The van der Waals surface area contributed by atoms with Crippen molar-refractivity contribution in [1.82, 2.24) is 14.1 Å². The van der Waals surface area contributed by atoms with Crippen molar-refractivity contribution in [2.45, 2.75) is 37.0 Å². The molecule has 0 spiro atoms. The van der Waals surface area contributed by atoms with Crippen molar-refractivity contribution in [3.8, 4) is 22.8 Å². The second-order valence-electron chi connectivity index (χ2n) is 8.59. The van der Waals surface area contributed by atoms with Crippen LogP contribution < -0.4 is 19.1 Å². The fourth-order valence-electron chi connectivity index (χ4n) is 4.32. The molecule has 0 atom stereocenters. The van der Waals surface area contributed by atoms with Crippen molar-refractivity contribution in [1.29, 1.82) is 0 Å². The van der Waals surface area contributed by atoms with Crippen LogP contribution in [0.4, 0.5) is 5.69 Å². The van der Waals surface area contributed by atoms with Gasteiger partial charge in [0.1, 0.15) is 17.1 Å². The summed E-state index contributed by atoms with van der Waals surface area (Å²) in [6.45, 7) is 1.59. The van der Waals surface area contributed by atoms with E-state index in [9.17, 15) is 8.42 Å². The fourth-order valence-corrected chi connectivity index (χ4v) is 6.21. The molecule has 1 aliphatic carbocycles. The van der Waals surface area contributed by atoms with Gasteiger partial charge in [-0.25, -0.2) is 18.1 Å². The molecule has 8 nitrogen and oxygen atoms in total. The van der Waals surface area contributed by atoms with Gasteiger partial charge in [0.15, 0.2) is 0 Å². The first-order valence-electron chi connectivity index (χ1n) is 11.0. The lowest BCUT2D eigenvalue weighted by atomic mass is 10.1. The SMILES string of the molecule is COc1cc(OC)c(-c2cn3ccc(N4CCC(NS(=O)(=O)C5CC5)CC4)cc3n2)cc1Cl.